The first-order chi connectivity index (χ1) is 14.9. The van der Waals surface area contributed by atoms with Gasteiger partial charge in [-0.15, -0.1) is 0 Å². The standard InChI is InChI=1S/C23H14BrClI2N2O2/c24-17-3-7-19(8-4-17)29-23(30)16(12-28)9-15-10-20(26)22(21(27)11-15)31-13-14-1-5-18(25)6-2-14/h1-11H,13H2,(H,29,30)/b16-9-. The van der Waals surface area contributed by atoms with Gasteiger partial charge in [-0.2, -0.15) is 5.26 Å². The lowest BCUT2D eigenvalue weighted by Crippen LogP contribution is -2.13. The predicted molar refractivity (Wildman–Crippen MR) is 144 cm³/mol. The third-order valence-corrected chi connectivity index (χ3v) is 6.48. The molecule has 0 aliphatic carbocycles. The maximum Gasteiger partial charge on any atom is 0.266 e. The van der Waals surface area contributed by atoms with E-state index >= 15 is 0 Å². The van der Waals surface area contributed by atoms with Gasteiger partial charge in [0.25, 0.3) is 5.91 Å². The van der Waals surface area contributed by atoms with E-state index in [9.17, 15) is 10.1 Å². The third-order valence-electron chi connectivity index (χ3n) is 4.10. The minimum Gasteiger partial charge on any atom is -0.487 e. The first kappa shape index (κ1) is 24.0. The van der Waals surface area contributed by atoms with Crippen LogP contribution in [0.15, 0.2) is 70.7 Å². The summed E-state index contributed by atoms with van der Waals surface area (Å²) in [5, 5.41) is 12.9. The Morgan fingerprint density at radius 3 is 2.29 bits per heavy atom. The van der Waals surface area contributed by atoms with Gasteiger partial charge < -0.3 is 10.1 Å². The van der Waals surface area contributed by atoms with E-state index in [0.717, 1.165) is 28.5 Å². The molecule has 0 saturated carbocycles. The number of nitriles is 1. The van der Waals surface area contributed by atoms with E-state index in [-0.39, 0.29) is 5.57 Å². The van der Waals surface area contributed by atoms with Crippen LogP contribution < -0.4 is 10.1 Å². The van der Waals surface area contributed by atoms with Crippen LogP contribution in [-0.4, -0.2) is 5.91 Å². The molecule has 3 aromatic rings. The Hall–Kier alpha value is -1.61. The maximum atomic E-state index is 12.5. The van der Waals surface area contributed by atoms with Crippen LogP contribution in [0.25, 0.3) is 6.08 Å². The topological polar surface area (TPSA) is 62.1 Å². The van der Waals surface area contributed by atoms with E-state index in [1.165, 1.54) is 0 Å². The van der Waals surface area contributed by atoms with E-state index in [1.807, 2.05) is 54.6 Å². The highest BCUT2D eigenvalue weighted by molar-refractivity contribution is 14.1. The molecule has 0 unspecified atom stereocenters. The van der Waals surface area contributed by atoms with Gasteiger partial charge in [-0.05, 0) is 111 Å². The normalized spacial score (nSPS) is 11.0. The molecule has 0 atom stereocenters. The number of nitrogens with zero attached hydrogens (tertiary/aromatic N) is 1. The van der Waals surface area contributed by atoms with Crippen molar-refractivity contribution in [1.29, 1.82) is 5.26 Å². The molecule has 3 rings (SSSR count). The minimum atomic E-state index is -0.460. The van der Waals surface area contributed by atoms with Gasteiger partial charge in [0.15, 0.2) is 0 Å². The van der Waals surface area contributed by atoms with Crippen LogP contribution in [0, 0.1) is 18.5 Å². The molecule has 0 aromatic heterocycles. The summed E-state index contributed by atoms with van der Waals surface area (Å²) in [6.45, 7) is 0.414. The molecule has 31 heavy (non-hydrogen) atoms. The lowest BCUT2D eigenvalue weighted by Gasteiger charge is -2.12. The molecular weight excluding hydrogens is 705 g/mol. The lowest BCUT2D eigenvalue weighted by atomic mass is 10.1. The van der Waals surface area contributed by atoms with Crippen molar-refractivity contribution in [2.75, 3.05) is 5.32 Å². The van der Waals surface area contributed by atoms with E-state index in [4.69, 9.17) is 16.3 Å². The van der Waals surface area contributed by atoms with Gasteiger partial charge in [0.05, 0.1) is 7.14 Å². The van der Waals surface area contributed by atoms with Gasteiger partial charge in [-0.1, -0.05) is 39.7 Å². The second kappa shape index (κ2) is 11.3. The monoisotopic (exact) mass is 718 g/mol. The number of hydrogen-bond acceptors (Lipinski definition) is 3. The zero-order chi connectivity index (χ0) is 22.4. The van der Waals surface area contributed by atoms with E-state index in [0.29, 0.717) is 17.3 Å². The van der Waals surface area contributed by atoms with Crippen molar-refractivity contribution in [1.82, 2.24) is 0 Å². The van der Waals surface area contributed by atoms with Gasteiger partial charge in [0, 0.05) is 15.2 Å². The second-order valence-electron chi connectivity index (χ2n) is 6.36. The van der Waals surface area contributed by atoms with Crippen molar-refractivity contribution in [2.24, 2.45) is 0 Å². The molecule has 0 bridgehead atoms. The Morgan fingerprint density at radius 1 is 1.10 bits per heavy atom. The van der Waals surface area contributed by atoms with E-state index in [2.05, 4.69) is 66.4 Å². The lowest BCUT2D eigenvalue weighted by molar-refractivity contribution is -0.112. The number of benzene rings is 3. The Labute approximate surface area is 221 Å². The Morgan fingerprint density at radius 2 is 1.71 bits per heavy atom. The van der Waals surface area contributed by atoms with E-state index in [1.54, 1.807) is 18.2 Å². The molecule has 0 radical (unpaired) electrons. The van der Waals surface area contributed by atoms with E-state index < -0.39 is 5.91 Å². The Bertz CT molecular complexity index is 1150. The first-order valence-electron chi connectivity index (χ1n) is 8.90. The first-order valence-corrected chi connectivity index (χ1v) is 12.2. The van der Waals surface area contributed by atoms with Crippen molar-refractivity contribution >= 4 is 90.4 Å². The van der Waals surface area contributed by atoms with Gasteiger partial charge in [-0.3, -0.25) is 4.79 Å². The number of amides is 1. The van der Waals surface area contributed by atoms with Crippen LogP contribution in [0.1, 0.15) is 11.1 Å². The van der Waals surface area contributed by atoms with Crippen LogP contribution in [-0.2, 0) is 11.4 Å². The summed E-state index contributed by atoms with van der Waals surface area (Å²) < 4.78 is 8.66. The molecule has 4 nitrogen and oxygen atoms in total. The number of rotatable bonds is 6. The maximum absolute atomic E-state index is 12.5. The number of hydrogen-bond donors (Lipinski definition) is 1. The van der Waals surface area contributed by atoms with Gasteiger partial charge in [0.2, 0.25) is 0 Å². The second-order valence-corrected chi connectivity index (χ2v) is 10.0. The fraction of sp³-hybridized carbons (Fsp3) is 0.0435. The molecule has 0 aliphatic heterocycles. The molecule has 0 aliphatic rings. The van der Waals surface area contributed by atoms with Crippen molar-refractivity contribution < 1.29 is 9.53 Å². The number of carbonyl (C=O) groups is 1. The molecule has 1 amide bonds. The molecule has 156 valence electrons. The summed E-state index contributed by atoms with van der Waals surface area (Å²) in [5.74, 6) is 0.295. The SMILES string of the molecule is N#C/C(=C/c1cc(I)c(OCc2ccc(Cl)cc2)c(I)c1)C(=O)Nc1ccc(Br)cc1. The molecule has 0 spiro atoms. The van der Waals surface area contributed by atoms with Crippen molar-refractivity contribution in [3.63, 3.8) is 0 Å². The summed E-state index contributed by atoms with van der Waals surface area (Å²) in [7, 11) is 0. The molecule has 8 heteroatoms. The summed E-state index contributed by atoms with van der Waals surface area (Å²) in [6, 6.07) is 20.4. The third kappa shape index (κ3) is 6.94. The predicted octanol–water partition coefficient (Wildman–Crippen LogP) is 7.44. The molecular formula is C23H14BrClI2N2O2. The fourth-order valence-electron chi connectivity index (χ4n) is 2.58. The minimum absolute atomic E-state index is 0.0179. The van der Waals surface area contributed by atoms with Gasteiger partial charge in [-0.25, -0.2) is 0 Å². The summed E-state index contributed by atoms with van der Waals surface area (Å²) in [6.07, 6.45) is 1.57. The van der Waals surface area contributed by atoms with Crippen LogP contribution in [0.4, 0.5) is 5.69 Å². The largest absolute Gasteiger partial charge is 0.487 e. The van der Waals surface area contributed by atoms with Crippen molar-refractivity contribution in [2.45, 2.75) is 6.61 Å². The Kier molecular flexibility index (Phi) is 8.77. The van der Waals surface area contributed by atoms with Crippen molar-refractivity contribution in [3.8, 4) is 11.8 Å². The summed E-state index contributed by atoms with van der Waals surface area (Å²) in [4.78, 5) is 12.5. The average molecular weight is 720 g/mol. The van der Waals surface area contributed by atoms with Crippen LogP contribution in [0.2, 0.25) is 5.02 Å². The molecule has 1 N–H and O–H groups in total. The smallest absolute Gasteiger partial charge is 0.266 e. The highest BCUT2D eigenvalue weighted by Crippen LogP contribution is 2.30. The molecule has 0 fully saturated rings. The number of nitrogens with one attached hydrogen (secondary N) is 1. The number of ether oxygens (including phenoxy) is 1. The van der Waals surface area contributed by atoms with Crippen LogP contribution in [0.5, 0.6) is 5.75 Å². The van der Waals surface area contributed by atoms with Crippen molar-refractivity contribution in [3.05, 3.63) is 94.0 Å². The zero-order valence-corrected chi connectivity index (χ0v) is 22.5. The average Bonchev–Trinajstić information content (AvgIpc) is 2.74. The highest BCUT2D eigenvalue weighted by atomic mass is 127. The summed E-state index contributed by atoms with van der Waals surface area (Å²) >= 11 is 13.7. The van der Waals surface area contributed by atoms with Gasteiger partial charge >= 0.3 is 0 Å². The fourth-order valence-corrected chi connectivity index (χ4v) is 5.10. The quantitative estimate of drug-likeness (QED) is 0.164. The molecule has 3 aromatic carbocycles. The zero-order valence-electron chi connectivity index (χ0n) is 15.8. The van der Waals surface area contributed by atoms with Crippen LogP contribution in [0.3, 0.4) is 0 Å². The number of anilines is 1. The molecule has 0 saturated heterocycles. The number of carbonyl (C=O) groups excluding carboxylic acids is 1. The van der Waals surface area contributed by atoms with Crippen LogP contribution >= 0.6 is 72.7 Å². The summed E-state index contributed by atoms with van der Waals surface area (Å²) in [5.41, 5.74) is 2.39. The van der Waals surface area contributed by atoms with Gasteiger partial charge in [0.1, 0.15) is 24.0 Å². The number of halogens is 4. The highest BCUT2D eigenvalue weighted by Gasteiger charge is 2.13. The Balaban J connectivity index is 1.76. The molecule has 0 heterocycles.